The molecule has 1 aromatic heterocycles. The SMILES string of the molecule is Cc1nc(C(C)NC(=O)c2cccc(C#N)c2)cs1. The second-order valence-corrected chi connectivity index (χ2v) is 5.24. The normalized spacial score (nSPS) is 11.6. The molecule has 96 valence electrons. The molecule has 0 aliphatic heterocycles. The average Bonchev–Trinajstić information content (AvgIpc) is 2.85. The Morgan fingerprint density at radius 3 is 2.95 bits per heavy atom. The number of thiazole rings is 1. The molecule has 19 heavy (non-hydrogen) atoms. The number of aryl methyl sites for hydroxylation is 1. The van der Waals surface area contributed by atoms with Gasteiger partial charge in [-0.05, 0) is 32.0 Å². The second-order valence-electron chi connectivity index (χ2n) is 4.18. The number of carbonyl (C=O) groups is 1. The highest BCUT2D eigenvalue weighted by atomic mass is 32.1. The van der Waals surface area contributed by atoms with E-state index >= 15 is 0 Å². The van der Waals surface area contributed by atoms with Gasteiger partial charge in [0.1, 0.15) is 0 Å². The summed E-state index contributed by atoms with van der Waals surface area (Å²) >= 11 is 1.56. The van der Waals surface area contributed by atoms with Crippen molar-refractivity contribution in [3.05, 3.63) is 51.5 Å². The average molecular weight is 271 g/mol. The number of nitriles is 1. The van der Waals surface area contributed by atoms with Gasteiger partial charge in [-0.25, -0.2) is 4.98 Å². The van der Waals surface area contributed by atoms with E-state index < -0.39 is 0 Å². The maximum atomic E-state index is 12.1. The van der Waals surface area contributed by atoms with Crippen LogP contribution >= 0.6 is 11.3 Å². The number of rotatable bonds is 3. The number of amides is 1. The van der Waals surface area contributed by atoms with E-state index in [1.165, 1.54) is 0 Å². The van der Waals surface area contributed by atoms with E-state index in [1.807, 2.05) is 25.3 Å². The summed E-state index contributed by atoms with van der Waals surface area (Å²) in [5, 5.41) is 14.6. The summed E-state index contributed by atoms with van der Waals surface area (Å²) in [5.74, 6) is -0.199. The number of benzene rings is 1. The van der Waals surface area contributed by atoms with Gasteiger partial charge in [-0.1, -0.05) is 6.07 Å². The molecule has 1 amide bonds. The van der Waals surface area contributed by atoms with E-state index in [1.54, 1.807) is 35.6 Å². The van der Waals surface area contributed by atoms with E-state index in [4.69, 9.17) is 5.26 Å². The number of hydrogen-bond donors (Lipinski definition) is 1. The van der Waals surface area contributed by atoms with E-state index in [9.17, 15) is 4.79 Å². The van der Waals surface area contributed by atoms with Crippen LogP contribution in [0.3, 0.4) is 0 Å². The van der Waals surface area contributed by atoms with Crippen LogP contribution in [-0.4, -0.2) is 10.9 Å². The Hall–Kier alpha value is -2.19. The summed E-state index contributed by atoms with van der Waals surface area (Å²) < 4.78 is 0. The summed E-state index contributed by atoms with van der Waals surface area (Å²) in [5.41, 5.74) is 1.81. The zero-order valence-electron chi connectivity index (χ0n) is 10.7. The van der Waals surface area contributed by atoms with Crippen LogP contribution in [0.5, 0.6) is 0 Å². The first-order valence-corrected chi connectivity index (χ1v) is 6.71. The molecule has 0 saturated heterocycles. The molecule has 0 saturated carbocycles. The molecule has 4 nitrogen and oxygen atoms in total. The molecule has 2 rings (SSSR count). The van der Waals surface area contributed by atoms with Crippen molar-refractivity contribution in [3.63, 3.8) is 0 Å². The van der Waals surface area contributed by atoms with Crippen molar-refractivity contribution in [2.45, 2.75) is 19.9 Å². The van der Waals surface area contributed by atoms with Crippen LogP contribution in [0.15, 0.2) is 29.6 Å². The monoisotopic (exact) mass is 271 g/mol. The Morgan fingerprint density at radius 2 is 2.32 bits per heavy atom. The van der Waals surface area contributed by atoms with Gasteiger partial charge in [0.05, 0.1) is 28.4 Å². The summed E-state index contributed by atoms with van der Waals surface area (Å²) in [6, 6.07) is 8.51. The molecule has 1 heterocycles. The third-order valence-electron chi connectivity index (χ3n) is 2.68. The molecule has 0 aliphatic rings. The van der Waals surface area contributed by atoms with E-state index in [0.29, 0.717) is 11.1 Å². The largest absolute Gasteiger partial charge is 0.344 e. The number of carbonyl (C=O) groups excluding carboxylic acids is 1. The highest BCUT2D eigenvalue weighted by Gasteiger charge is 2.13. The van der Waals surface area contributed by atoms with Crippen molar-refractivity contribution in [1.82, 2.24) is 10.3 Å². The summed E-state index contributed by atoms with van der Waals surface area (Å²) in [7, 11) is 0. The Labute approximate surface area is 115 Å². The van der Waals surface area contributed by atoms with Gasteiger partial charge in [-0.3, -0.25) is 4.79 Å². The lowest BCUT2D eigenvalue weighted by atomic mass is 10.1. The predicted molar refractivity (Wildman–Crippen MR) is 73.9 cm³/mol. The lowest BCUT2D eigenvalue weighted by Crippen LogP contribution is -2.26. The van der Waals surface area contributed by atoms with Gasteiger partial charge < -0.3 is 5.32 Å². The van der Waals surface area contributed by atoms with Crippen molar-refractivity contribution >= 4 is 17.2 Å². The molecule has 2 aromatic rings. The molecule has 1 N–H and O–H groups in total. The van der Waals surface area contributed by atoms with Gasteiger partial charge in [0.2, 0.25) is 0 Å². The highest BCUT2D eigenvalue weighted by Crippen LogP contribution is 2.16. The van der Waals surface area contributed by atoms with Crippen LogP contribution in [0, 0.1) is 18.3 Å². The molecule has 1 unspecified atom stereocenters. The van der Waals surface area contributed by atoms with Crippen LogP contribution in [0.2, 0.25) is 0 Å². The first kappa shape index (κ1) is 13.2. The highest BCUT2D eigenvalue weighted by molar-refractivity contribution is 7.09. The van der Waals surface area contributed by atoms with Gasteiger partial charge in [0.15, 0.2) is 0 Å². The fourth-order valence-corrected chi connectivity index (χ4v) is 2.37. The lowest BCUT2D eigenvalue weighted by molar-refractivity contribution is 0.0939. The minimum Gasteiger partial charge on any atom is -0.344 e. The zero-order valence-corrected chi connectivity index (χ0v) is 11.5. The third kappa shape index (κ3) is 3.18. The van der Waals surface area contributed by atoms with Gasteiger partial charge in [0.25, 0.3) is 5.91 Å². The molecule has 1 atom stereocenters. The minimum absolute atomic E-state index is 0.150. The zero-order chi connectivity index (χ0) is 13.8. The van der Waals surface area contributed by atoms with Crippen LogP contribution in [-0.2, 0) is 0 Å². The standard InChI is InChI=1S/C14H13N3OS/c1-9(13-8-19-10(2)17-13)16-14(18)12-5-3-4-11(6-12)7-15/h3-6,8-9H,1-2H3,(H,16,18). The Balaban J connectivity index is 2.10. The van der Waals surface area contributed by atoms with Crippen LogP contribution in [0.1, 0.15) is 39.6 Å². The fraction of sp³-hybridized carbons (Fsp3) is 0.214. The van der Waals surface area contributed by atoms with E-state index in [2.05, 4.69) is 10.3 Å². The fourth-order valence-electron chi connectivity index (χ4n) is 1.66. The molecule has 1 aromatic carbocycles. The smallest absolute Gasteiger partial charge is 0.251 e. The summed E-state index contributed by atoms with van der Waals surface area (Å²) in [6.45, 7) is 3.82. The quantitative estimate of drug-likeness (QED) is 0.933. The molecule has 0 aliphatic carbocycles. The first-order valence-electron chi connectivity index (χ1n) is 5.83. The van der Waals surface area contributed by atoms with Gasteiger partial charge in [0, 0.05) is 10.9 Å². The lowest BCUT2D eigenvalue weighted by Gasteiger charge is -2.11. The van der Waals surface area contributed by atoms with Gasteiger partial charge in [-0.15, -0.1) is 11.3 Å². The minimum atomic E-state index is -0.199. The molecule has 0 radical (unpaired) electrons. The molecule has 0 bridgehead atoms. The number of nitrogens with zero attached hydrogens (tertiary/aromatic N) is 2. The molecule has 0 spiro atoms. The third-order valence-corrected chi connectivity index (χ3v) is 3.47. The maximum absolute atomic E-state index is 12.1. The van der Waals surface area contributed by atoms with Crippen molar-refractivity contribution in [3.8, 4) is 6.07 Å². The Bertz CT molecular complexity index is 642. The molecule has 5 heteroatoms. The topological polar surface area (TPSA) is 65.8 Å². The maximum Gasteiger partial charge on any atom is 0.251 e. The van der Waals surface area contributed by atoms with Gasteiger partial charge in [-0.2, -0.15) is 5.26 Å². The summed E-state index contributed by atoms with van der Waals surface area (Å²) in [6.07, 6.45) is 0. The predicted octanol–water partition coefficient (Wildman–Crippen LogP) is 2.81. The van der Waals surface area contributed by atoms with Crippen molar-refractivity contribution in [1.29, 1.82) is 5.26 Å². The number of aromatic nitrogens is 1. The van der Waals surface area contributed by atoms with Crippen molar-refractivity contribution < 1.29 is 4.79 Å². The Kier molecular flexibility index (Phi) is 3.93. The van der Waals surface area contributed by atoms with E-state index in [0.717, 1.165) is 10.7 Å². The first-order chi connectivity index (χ1) is 9.10. The molecule has 0 fully saturated rings. The van der Waals surface area contributed by atoms with E-state index in [-0.39, 0.29) is 11.9 Å². The molecular formula is C14H13N3OS. The van der Waals surface area contributed by atoms with Gasteiger partial charge >= 0.3 is 0 Å². The summed E-state index contributed by atoms with van der Waals surface area (Å²) in [4.78, 5) is 16.4. The second kappa shape index (κ2) is 5.63. The van der Waals surface area contributed by atoms with Crippen molar-refractivity contribution in [2.24, 2.45) is 0 Å². The number of nitrogens with one attached hydrogen (secondary N) is 1. The van der Waals surface area contributed by atoms with Crippen molar-refractivity contribution in [2.75, 3.05) is 0 Å². The van der Waals surface area contributed by atoms with Crippen LogP contribution in [0.4, 0.5) is 0 Å². The van der Waals surface area contributed by atoms with Crippen LogP contribution < -0.4 is 5.32 Å². The Morgan fingerprint density at radius 1 is 1.53 bits per heavy atom. The van der Waals surface area contributed by atoms with Crippen LogP contribution in [0.25, 0.3) is 0 Å². The number of hydrogen-bond acceptors (Lipinski definition) is 4. The molecular weight excluding hydrogens is 258 g/mol.